The molecule has 0 aromatic heterocycles. The summed E-state index contributed by atoms with van der Waals surface area (Å²) in [5.74, 6) is -0.319. The standard InChI is InChI=1S/C13H16O4/c1-9-3-4-12(15)8-11(9)7-10(5-6-14)13(16)17-2/h3-5,8,14-15H,6-7H2,1-2H3/b10-5+. The predicted molar refractivity (Wildman–Crippen MR) is 63.7 cm³/mol. The van der Waals surface area contributed by atoms with E-state index in [1.165, 1.54) is 13.2 Å². The van der Waals surface area contributed by atoms with Gasteiger partial charge in [0.1, 0.15) is 5.75 Å². The second kappa shape index (κ2) is 6.06. The second-order valence-corrected chi connectivity index (χ2v) is 3.69. The average Bonchev–Trinajstić information content (AvgIpc) is 2.32. The van der Waals surface area contributed by atoms with E-state index in [9.17, 15) is 9.90 Å². The fraction of sp³-hybridized carbons (Fsp3) is 0.308. The number of esters is 1. The minimum Gasteiger partial charge on any atom is -0.508 e. The molecule has 0 aliphatic rings. The van der Waals surface area contributed by atoms with Crippen LogP contribution in [0, 0.1) is 6.92 Å². The number of rotatable bonds is 4. The second-order valence-electron chi connectivity index (χ2n) is 3.69. The first kappa shape index (κ1) is 13.3. The summed E-state index contributed by atoms with van der Waals surface area (Å²) in [5, 5.41) is 18.2. The van der Waals surface area contributed by atoms with Gasteiger partial charge in [0.25, 0.3) is 0 Å². The number of phenols is 1. The van der Waals surface area contributed by atoms with E-state index in [1.807, 2.05) is 6.92 Å². The van der Waals surface area contributed by atoms with Crippen molar-refractivity contribution in [3.8, 4) is 5.75 Å². The fourth-order valence-electron chi connectivity index (χ4n) is 1.52. The lowest BCUT2D eigenvalue weighted by Gasteiger charge is -2.08. The first-order valence-electron chi connectivity index (χ1n) is 5.25. The smallest absolute Gasteiger partial charge is 0.333 e. The molecule has 1 aromatic rings. The normalized spacial score (nSPS) is 11.4. The third kappa shape index (κ3) is 3.60. The molecule has 4 nitrogen and oxygen atoms in total. The molecular formula is C13H16O4. The summed E-state index contributed by atoms with van der Waals surface area (Å²) in [5.41, 5.74) is 2.18. The number of carbonyl (C=O) groups excluding carboxylic acids is 1. The molecule has 0 fully saturated rings. The zero-order chi connectivity index (χ0) is 12.8. The van der Waals surface area contributed by atoms with E-state index in [0.29, 0.717) is 12.0 Å². The Morgan fingerprint density at radius 3 is 2.76 bits per heavy atom. The van der Waals surface area contributed by atoms with E-state index < -0.39 is 5.97 Å². The summed E-state index contributed by atoms with van der Waals surface area (Å²) in [6, 6.07) is 4.97. The number of ether oxygens (including phenoxy) is 1. The van der Waals surface area contributed by atoms with Crippen molar-refractivity contribution in [3.05, 3.63) is 41.0 Å². The molecule has 0 bridgehead atoms. The maximum absolute atomic E-state index is 11.4. The van der Waals surface area contributed by atoms with Crippen molar-refractivity contribution < 1.29 is 19.7 Å². The van der Waals surface area contributed by atoms with Gasteiger partial charge >= 0.3 is 5.97 Å². The Morgan fingerprint density at radius 2 is 2.18 bits per heavy atom. The first-order chi connectivity index (χ1) is 8.08. The molecule has 2 N–H and O–H groups in total. The number of carbonyl (C=O) groups is 1. The minimum atomic E-state index is -0.471. The topological polar surface area (TPSA) is 66.8 Å². The van der Waals surface area contributed by atoms with Crippen molar-refractivity contribution in [3.63, 3.8) is 0 Å². The molecule has 0 radical (unpaired) electrons. The van der Waals surface area contributed by atoms with Gasteiger partial charge in [-0.1, -0.05) is 6.07 Å². The van der Waals surface area contributed by atoms with Crippen molar-refractivity contribution in [2.45, 2.75) is 13.3 Å². The molecule has 1 aromatic carbocycles. The molecule has 0 amide bonds. The lowest BCUT2D eigenvalue weighted by atomic mass is 10.00. The molecule has 0 atom stereocenters. The molecule has 0 spiro atoms. The van der Waals surface area contributed by atoms with Gasteiger partial charge in [-0.15, -0.1) is 0 Å². The van der Waals surface area contributed by atoms with Crippen LogP contribution in [-0.4, -0.2) is 29.9 Å². The van der Waals surface area contributed by atoms with E-state index in [1.54, 1.807) is 18.2 Å². The molecule has 0 saturated heterocycles. The Balaban J connectivity index is 2.97. The van der Waals surface area contributed by atoms with Gasteiger partial charge in [0.15, 0.2) is 0 Å². The summed E-state index contributed by atoms with van der Waals surface area (Å²) in [7, 11) is 1.29. The molecule has 0 aliphatic heterocycles. The van der Waals surface area contributed by atoms with Crippen molar-refractivity contribution in [1.82, 2.24) is 0 Å². The molecule has 0 saturated carbocycles. The lowest BCUT2D eigenvalue weighted by molar-refractivity contribution is -0.136. The van der Waals surface area contributed by atoms with Crippen LogP contribution in [-0.2, 0) is 16.0 Å². The number of aryl methyl sites for hydroxylation is 1. The van der Waals surface area contributed by atoms with Gasteiger partial charge in [0, 0.05) is 12.0 Å². The van der Waals surface area contributed by atoms with Gasteiger partial charge < -0.3 is 14.9 Å². The molecular weight excluding hydrogens is 220 g/mol. The monoisotopic (exact) mass is 236 g/mol. The molecule has 0 unspecified atom stereocenters. The highest BCUT2D eigenvalue weighted by molar-refractivity contribution is 5.88. The highest BCUT2D eigenvalue weighted by atomic mass is 16.5. The summed E-state index contributed by atoms with van der Waals surface area (Å²) >= 11 is 0. The van der Waals surface area contributed by atoms with Crippen LogP contribution in [0.1, 0.15) is 11.1 Å². The highest BCUT2D eigenvalue weighted by Gasteiger charge is 2.11. The molecule has 0 aliphatic carbocycles. The van der Waals surface area contributed by atoms with Crippen LogP contribution in [0.4, 0.5) is 0 Å². The molecule has 4 heteroatoms. The first-order valence-corrected chi connectivity index (χ1v) is 5.25. The van der Waals surface area contributed by atoms with E-state index in [0.717, 1.165) is 11.1 Å². The Kier molecular flexibility index (Phi) is 4.72. The Morgan fingerprint density at radius 1 is 1.47 bits per heavy atom. The summed E-state index contributed by atoms with van der Waals surface area (Å²) < 4.78 is 4.63. The quantitative estimate of drug-likeness (QED) is 0.611. The number of aliphatic hydroxyl groups is 1. The largest absolute Gasteiger partial charge is 0.508 e. The Labute approximate surface area is 100 Å². The molecule has 17 heavy (non-hydrogen) atoms. The summed E-state index contributed by atoms with van der Waals surface area (Å²) in [6.07, 6.45) is 1.74. The molecule has 0 heterocycles. The average molecular weight is 236 g/mol. The maximum atomic E-state index is 11.4. The third-order valence-corrected chi connectivity index (χ3v) is 2.50. The van der Waals surface area contributed by atoms with Crippen molar-refractivity contribution in [2.75, 3.05) is 13.7 Å². The van der Waals surface area contributed by atoms with Gasteiger partial charge in [0.05, 0.1) is 13.7 Å². The number of aromatic hydroxyl groups is 1. The van der Waals surface area contributed by atoms with Crippen LogP contribution in [0.3, 0.4) is 0 Å². The third-order valence-electron chi connectivity index (χ3n) is 2.50. The van der Waals surface area contributed by atoms with E-state index in [-0.39, 0.29) is 12.4 Å². The fourth-order valence-corrected chi connectivity index (χ4v) is 1.52. The van der Waals surface area contributed by atoms with Gasteiger partial charge in [0.2, 0.25) is 0 Å². The van der Waals surface area contributed by atoms with Crippen LogP contribution in [0.25, 0.3) is 0 Å². The predicted octanol–water partition coefficient (Wildman–Crippen LogP) is 1.33. The Hall–Kier alpha value is -1.81. The van der Waals surface area contributed by atoms with Gasteiger partial charge in [-0.05, 0) is 36.3 Å². The van der Waals surface area contributed by atoms with Crippen LogP contribution in [0.2, 0.25) is 0 Å². The van der Waals surface area contributed by atoms with Crippen molar-refractivity contribution in [1.29, 1.82) is 0 Å². The SMILES string of the molecule is COC(=O)/C(=C/CO)Cc1cc(O)ccc1C. The van der Waals surface area contributed by atoms with Crippen molar-refractivity contribution >= 4 is 5.97 Å². The summed E-state index contributed by atoms with van der Waals surface area (Å²) in [6.45, 7) is 1.67. The van der Waals surface area contributed by atoms with Crippen molar-refractivity contribution in [2.24, 2.45) is 0 Å². The maximum Gasteiger partial charge on any atom is 0.333 e. The number of benzene rings is 1. The lowest BCUT2D eigenvalue weighted by Crippen LogP contribution is -2.09. The number of hydrogen-bond acceptors (Lipinski definition) is 4. The Bertz CT molecular complexity index is 435. The number of methoxy groups -OCH3 is 1. The van der Waals surface area contributed by atoms with Gasteiger partial charge in [-0.2, -0.15) is 0 Å². The zero-order valence-electron chi connectivity index (χ0n) is 9.93. The highest BCUT2D eigenvalue weighted by Crippen LogP contribution is 2.19. The number of hydrogen-bond donors (Lipinski definition) is 2. The van der Waals surface area contributed by atoms with Crippen LogP contribution < -0.4 is 0 Å². The van der Waals surface area contributed by atoms with Crippen LogP contribution >= 0.6 is 0 Å². The van der Waals surface area contributed by atoms with Gasteiger partial charge in [-0.25, -0.2) is 4.79 Å². The number of phenolic OH excluding ortho intramolecular Hbond substituents is 1. The minimum absolute atomic E-state index is 0.152. The van der Waals surface area contributed by atoms with E-state index in [4.69, 9.17) is 5.11 Å². The van der Waals surface area contributed by atoms with Crippen LogP contribution in [0.5, 0.6) is 5.75 Å². The molecule has 92 valence electrons. The summed E-state index contributed by atoms with van der Waals surface area (Å²) in [4.78, 5) is 11.4. The van der Waals surface area contributed by atoms with Crippen LogP contribution in [0.15, 0.2) is 29.8 Å². The van der Waals surface area contributed by atoms with E-state index in [2.05, 4.69) is 4.74 Å². The van der Waals surface area contributed by atoms with E-state index >= 15 is 0 Å². The molecule has 1 rings (SSSR count). The zero-order valence-corrected chi connectivity index (χ0v) is 9.93. The van der Waals surface area contributed by atoms with Gasteiger partial charge in [-0.3, -0.25) is 0 Å². The number of aliphatic hydroxyl groups excluding tert-OH is 1.